The summed E-state index contributed by atoms with van der Waals surface area (Å²) < 4.78 is 19.4. The normalized spacial score (nSPS) is 13.0. The van der Waals surface area contributed by atoms with E-state index in [-0.39, 0.29) is 6.61 Å². The first-order chi connectivity index (χ1) is 13.7. The molecule has 29 heavy (non-hydrogen) atoms. The maximum atomic E-state index is 14.1. The van der Waals surface area contributed by atoms with Gasteiger partial charge in [-0.15, -0.1) is 0 Å². The fraction of sp³-hybridized carbons (Fsp3) is 0.417. The van der Waals surface area contributed by atoms with Gasteiger partial charge in [0.15, 0.2) is 7.14 Å². The van der Waals surface area contributed by atoms with E-state index in [1.807, 2.05) is 33.8 Å². The Morgan fingerprint density at radius 2 is 1.59 bits per heavy atom. The molecule has 0 heterocycles. The molecule has 156 valence electrons. The van der Waals surface area contributed by atoms with Gasteiger partial charge in [-0.25, -0.2) is 0 Å². The molecular weight excluding hydrogens is 383 g/mol. The topological polar surface area (TPSA) is 60.4 Å². The van der Waals surface area contributed by atoms with Crippen molar-refractivity contribution in [2.75, 3.05) is 12.8 Å². The smallest absolute Gasteiger partial charge is 0.314 e. The van der Waals surface area contributed by atoms with Crippen LogP contribution in [0.25, 0.3) is 0 Å². The Kier molecular flexibility index (Phi) is 7.98. The molecular formula is C24H31O4P. The molecule has 1 unspecified atom stereocenters. The third-order valence-electron chi connectivity index (χ3n) is 5.43. The van der Waals surface area contributed by atoms with Crippen LogP contribution in [0.2, 0.25) is 0 Å². The number of unbranched alkanes of at least 4 members (excludes halogenated alkanes) is 2. The van der Waals surface area contributed by atoms with Crippen LogP contribution in [0, 0.1) is 27.7 Å². The second-order valence-electron chi connectivity index (χ2n) is 7.60. The minimum atomic E-state index is -3.70. The predicted molar refractivity (Wildman–Crippen MR) is 119 cm³/mol. The highest BCUT2D eigenvalue weighted by Gasteiger charge is 2.39. The lowest BCUT2D eigenvalue weighted by atomic mass is 9.95. The van der Waals surface area contributed by atoms with Gasteiger partial charge in [0, 0.05) is 10.9 Å². The van der Waals surface area contributed by atoms with Gasteiger partial charge < -0.3 is 9.30 Å². The van der Waals surface area contributed by atoms with Crippen LogP contribution < -0.4 is 5.30 Å². The lowest BCUT2D eigenvalue weighted by molar-refractivity contribution is -0.140. The highest BCUT2D eigenvalue weighted by atomic mass is 31.2. The maximum absolute atomic E-state index is 14.1. The second-order valence-corrected chi connectivity index (χ2v) is 10.3. The monoisotopic (exact) mass is 414 g/mol. The number of carbonyl (C=O) groups is 2. The van der Waals surface area contributed by atoms with Crippen molar-refractivity contribution < 1.29 is 18.9 Å². The zero-order valence-electron chi connectivity index (χ0n) is 18.1. The zero-order chi connectivity index (χ0) is 21.6. The van der Waals surface area contributed by atoms with Crippen LogP contribution in [0.15, 0.2) is 36.4 Å². The van der Waals surface area contributed by atoms with Gasteiger partial charge in [-0.3, -0.25) is 9.59 Å². The Balaban J connectivity index is 2.45. The molecule has 0 bridgehead atoms. The molecule has 0 radical (unpaired) electrons. The molecule has 0 aliphatic carbocycles. The molecule has 4 nitrogen and oxygen atoms in total. The Morgan fingerprint density at radius 1 is 0.931 bits per heavy atom. The predicted octanol–water partition coefficient (Wildman–Crippen LogP) is 5.48. The largest absolute Gasteiger partial charge is 0.465 e. The average Bonchev–Trinajstić information content (AvgIpc) is 2.70. The van der Waals surface area contributed by atoms with Gasteiger partial charge >= 0.3 is 5.97 Å². The van der Waals surface area contributed by atoms with Gasteiger partial charge in [0.25, 0.3) is 0 Å². The van der Waals surface area contributed by atoms with Crippen molar-refractivity contribution in [2.24, 2.45) is 0 Å². The van der Waals surface area contributed by atoms with E-state index < -0.39 is 24.8 Å². The summed E-state index contributed by atoms with van der Waals surface area (Å²) in [4.78, 5) is 26.1. The fourth-order valence-electron chi connectivity index (χ4n) is 3.51. The number of carbonyl (C=O) groups excluding carboxylic acids is 2. The van der Waals surface area contributed by atoms with Crippen LogP contribution in [0.1, 0.15) is 58.8 Å². The molecule has 2 rings (SSSR count). The van der Waals surface area contributed by atoms with Gasteiger partial charge in [0.1, 0.15) is 6.16 Å². The lowest BCUT2D eigenvalue weighted by Crippen LogP contribution is -2.23. The Labute approximate surface area is 174 Å². The molecule has 0 saturated heterocycles. The molecule has 0 aliphatic rings. The van der Waals surface area contributed by atoms with E-state index in [0.717, 1.165) is 41.5 Å². The fourth-order valence-corrected chi connectivity index (χ4v) is 5.88. The van der Waals surface area contributed by atoms with E-state index in [2.05, 4.69) is 6.92 Å². The van der Waals surface area contributed by atoms with Gasteiger partial charge in [-0.1, -0.05) is 56.2 Å². The van der Waals surface area contributed by atoms with Gasteiger partial charge in [-0.2, -0.15) is 0 Å². The molecule has 5 heteroatoms. The highest BCUT2D eigenvalue weighted by molar-refractivity contribution is 7.88. The van der Waals surface area contributed by atoms with Crippen molar-refractivity contribution in [3.63, 3.8) is 0 Å². The van der Waals surface area contributed by atoms with Crippen molar-refractivity contribution in [3.05, 3.63) is 64.2 Å². The SMILES string of the molecule is CCCCCOC(=O)CP(=O)(C(=O)c1c(C)cc(C)c(C)c1C)c1ccccc1. The van der Waals surface area contributed by atoms with Crippen molar-refractivity contribution in [1.29, 1.82) is 0 Å². The first-order valence-corrected chi connectivity index (χ1v) is 12.0. The third kappa shape index (κ3) is 5.25. The summed E-state index contributed by atoms with van der Waals surface area (Å²) in [6.07, 6.45) is 2.34. The molecule has 0 aliphatic heterocycles. The molecule has 2 aromatic carbocycles. The number of rotatable bonds is 9. The number of aryl methyl sites for hydroxylation is 2. The van der Waals surface area contributed by atoms with E-state index in [1.165, 1.54) is 0 Å². The summed E-state index contributed by atoms with van der Waals surface area (Å²) in [6.45, 7) is 10.0. The molecule has 0 spiro atoms. The van der Waals surface area contributed by atoms with E-state index in [1.54, 1.807) is 30.3 Å². The summed E-state index contributed by atoms with van der Waals surface area (Å²) in [7, 11) is -3.70. The number of benzene rings is 2. The van der Waals surface area contributed by atoms with Gasteiger partial charge in [0.2, 0.25) is 5.52 Å². The van der Waals surface area contributed by atoms with Crippen LogP contribution in [0.3, 0.4) is 0 Å². The maximum Gasteiger partial charge on any atom is 0.314 e. The van der Waals surface area contributed by atoms with Crippen molar-refractivity contribution >= 4 is 23.9 Å². The zero-order valence-corrected chi connectivity index (χ0v) is 19.0. The first-order valence-electron chi connectivity index (χ1n) is 10.1. The first kappa shape index (κ1) is 23.1. The average molecular weight is 414 g/mol. The molecule has 1 atom stereocenters. The molecule has 2 aromatic rings. The molecule has 0 amide bonds. The Bertz CT molecular complexity index is 932. The van der Waals surface area contributed by atoms with Crippen LogP contribution in [-0.4, -0.2) is 24.3 Å². The van der Waals surface area contributed by atoms with Crippen LogP contribution in [0.5, 0.6) is 0 Å². The standard InChI is InChI=1S/C24H31O4P/c1-6-7-11-14-28-22(25)16-29(27,21-12-9-8-10-13-21)24(26)23-18(3)15-17(2)19(4)20(23)5/h8-10,12-13,15H,6-7,11,14,16H2,1-5H3. The number of hydrogen-bond acceptors (Lipinski definition) is 4. The third-order valence-corrected chi connectivity index (χ3v) is 8.15. The van der Waals surface area contributed by atoms with Crippen molar-refractivity contribution in [3.8, 4) is 0 Å². The summed E-state index contributed by atoms with van der Waals surface area (Å²) >= 11 is 0. The minimum Gasteiger partial charge on any atom is -0.465 e. The Morgan fingerprint density at radius 3 is 2.21 bits per heavy atom. The highest BCUT2D eigenvalue weighted by Crippen LogP contribution is 2.49. The van der Waals surface area contributed by atoms with Gasteiger partial charge in [0.05, 0.1) is 6.61 Å². The number of esters is 1. The van der Waals surface area contributed by atoms with Crippen molar-refractivity contribution in [2.45, 2.75) is 53.9 Å². The van der Waals surface area contributed by atoms with Crippen LogP contribution >= 0.6 is 7.14 Å². The summed E-state index contributed by atoms with van der Waals surface area (Å²) in [6, 6.07) is 10.5. The molecule has 0 fully saturated rings. The summed E-state index contributed by atoms with van der Waals surface area (Å²) in [5.74, 6) is -0.583. The van der Waals surface area contributed by atoms with Crippen LogP contribution in [0.4, 0.5) is 0 Å². The Hall–Kier alpha value is -2.19. The lowest BCUT2D eigenvalue weighted by Gasteiger charge is -2.21. The number of hydrogen-bond donors (Lipinski definition) is 0. The summed E-state index contributed by atoms with van der Waals surface area (Å²) in [5, 5.41) is 0.396. The van der Waals surface area contributed by atoms with E-state index in [4.69, 9.17) is 4.74 Å². The van der Waals surface area contributed by atoms with E-state index in [0.29, 0.717) is 10.9 Å². The van der Waals surface area contributed by atoms with Crippen molar-refractivity contribution in [1.82, 2.24) is 0 Å². The second kappa shape index (κ2) is 10.0. The number of ether oxygens (including phenoxy) is 1. The van der Waals surface area contributed by atoms with E-state index in [9.17, 15) is 14.2 Å². The minimum absolute atomic E-state index is 0.289. The summed E-state index contributed by atoms with van der Waals surface area (Å²) in [5.41, 5.74) is 3.68. The molecule has 0 saturated carbocycles. The quantitative estimate of drug-likeness (QED) is 0.310. The van der Waals surface area contributed by atoms with Crippen LogP contribution in [-0.2, 0) is 14.1 Å². The molecule has 0 N–H and O–H groups in total. The van der Waals surface area contributed by atoms with E-state index >= 15 is 0 Å². The molecule has 0 aromatic heterocycles. The van der Waals surface area contributed by atoms with Gasteiger partial charge in [-0.05, 0) is 56.4 Å².